The molecule has 0 amide bonds. The topological polar surface area (TPSA) is 232 Å². The molecule has 0 bridgehead atoms. The number of aliphatic hydroxyl groups is 1. The second kappa shape index (κ2) is 23.2. The molecule has 2 fully saturated rings. The van der Waals surface area contributed by atoms with Crippen LogP contribution in [0.4, 0.5) is 0 Å². The van der Waals surface area contributed by atoms with Gasteiger partial charge in [0.05, 0.1) is 95.4 Å². The smallest absolute Gasteiger partial charge is 0.255 e. The Labute approximate surface area is 484 Å². The Bertz CT molecular complexity index is 4270. The van der Waals surface area contributed by atoms with Gasteiger partial charge in [-0.2, -0.15) is 10.5 Å². The molecular formula is C64H64N14O6. The van der Waals surface area contributed by atoms with Gasteiger partial charge in [0.2, 0.25) is 11.6 Å². The second-order valence-corrected chi connectivity index (χ2v) is 22.9. The molecule has 0 spiro atoms. The first-order valence-electron chi connectivity index (χ1n) is 28.4. The number of nitriles is 2. The first kappa shape index (κ1) is 55.4. The Morgan fingerprint density at radius 1 is 0.690 bits per heavy atom. The highest BCUT2D eigenvalue weighted by Gasteiger charge is 2.35. The van der Waals surface area contributed by atoms with Crippen molar-refractivity contribution < 1.29 is 19.3 Å². The molecule has 8 heterocycles. The first-order chi connectivity index (χ1) is 40.7. The minimum absolute atomic E-state index is 0.0710. The zero-order chi connectivity index (χ0) is 58.1. The molecule has 84 heavy (non-hydrogen) atoms. The Hall–Kier alpha value is -9.18. The fraction of sp³-hybridized carbons (Fsp3) is 0.344. The molecule has 20 heteroatoms. The maximum atomic E-state index is 13.8. The van der Waals surface area contributed by atoms with E-state index < -0.39 is 5.60 Å². The molecule has 1 N–H and O–H groups in total. The number of piperidine rings is 2. The quantitative estimate of drug-likeness (QED) is 0.0866. The number of rotatable bonds is 18. The summed E-state index contributed by atoms with van der Waals surface area (Å²) in [5, 5.41) is 31.0. The van der Waals surface area contributed by atoms with Crippen molar-refractivity contribution in [3.05, 3.63) is 177 Å². The lowest BCUT2D eigenvalue weighted by Gasteiger charge is -2.40. The van der Waals surface area contributed by atoms with Gasteiger partial charge in [0, 0.05) is 68.4 Å². The Kier molecular flexibility index (Phi) is 15.3. The van der Waals surface area contributed by atoms with E-state index >= 15 is 0 Å². The van der Waals surface area contributed by atoms with E-state index in [0.717, 1.165) is 71.3 Å². The number of ether oxygens (including phenoxy) is 3. The highest BCUT2D eigenvalue weighted by atomic mass is 16.5. The number of fused-ring (bicyclic) bond motifs is 6. The van der Waals surface area contributed by atoms with Gasteiger partial charge in [-0.05, 0) is 137 Å². The molecule has 12 rings (SSSR count). The van der Waals surface area contributed by atoms with Gasteiger partial charge in [-0.25, -0.2) is 29.9 Å². The van der Waals surface area contributed by atoms with Gasteiger partial charge < -0.3 is 29.1 Å². The second-order valence-electron chi connectivity index (χ2n) is 22.9. The van der Waals surface area contributed by atoms with E-state index in [1.54, 1.807) is 89.8 Å². The number of hydrogen-bond acceptors (Lipinski definition) is 16. The van der Waals surface area contributed by atoms with Gasteiger partial charge in [-0.15, -0.1) is 0 Å². The Morgan fingerprint density at radius 3 is 1.85 bits per heavy atom. The summed E-state index contributed by atoms with van der Waals surface area (Å²) < 4.78 is 25.0. The molecule has 10 aromatic rings. The van der Waals surface area contributed by atoms with Crippen LogP contribution < -0.4 is 20.6 Å². The SMILES string of the molecule is COC(C)(C)CN1CCC(COc2cnc(-c3ccc(CC(C)N4CCC(O)(COc5cnc(-c6cccc(Cn7c(=O)ccn8c9cc(C#N)ccc9nc78)c6)nc5)CC4)c(Cn4c(=O)ccn5c6cc(C#N)ccc6nc45)c3)nc2)CC1. The van der Waals surface area contributed by atoms with Crippen molar-refractivity contribution in [2.45, 2.75) is 83.2 Å². The van der Waals surface area contributed by atoms with Gasteiger partial charge in [-0.3, -0.25) is 27.5 Å². The predicted octanol–water partition coefficient (Wildman–Crippen LogP) is 7.72. The van der Waals surface area contributed by atoms with Crippen molar-refractivity contribution in [2.24, 2.45) is 5.92 Å². The lowest BCUT2D eigenvalue weighted by Crippen LogP contribution is -2.50. The molecule has 2 saturated heterocycles. The molecule has 0 aliphatic carbocycles. The molecule has 4 aromatic carbocycles. The van der Waals surface area contributed by atoms with Crippen molar-refractivity contribution in [2.75, 3.05) is 53.0 Å². The van der Waals surface area contributed by atoms with E-state index in [9.17, 15) is 25.2 Å². The third-order valence-corrected chi connectivity index (χ3v) is 16.6. The van der Waals surface area contributed by atoms with Gasteiger partial charge in [0.15, 0.2) is 23.1 Å². The van der Waals surface area contributed by atoms with Crippen LogP contribution in [-0.2, 0) is 24.2 Å². The molecule has 0 saturated carbocycles. The van der Waals surface area contributed by atoms with Crippen LogP contribution in [0.1, 0.15) is 74.3 Å². The zero-order valence-corrected chi connectivity index (χ0v) is 47.4. The van der Waals surface area contributed by atoms with Crippen LogP contribution in [0.25, 0.3) is 56.4 Å². The maximum Gasteiger partial charge on any atom is 0.255 e. The summed E-state index contributed by atoms with van der Waals surface area (Å²) in [6.07, 6.45) is 13.8. The van der Waals surface area contributed by atoms with Crippen molar-refractivity contribution >= 4 is 33.6 Å². The number of nitrogens with zero attached hydrogens (tertiary/aromatic N) is 14. The minimum Gasteiger partial charge on any atom is -0.490 e. The highest BCUT2D eigenvalue weighted by Crippen LogP contribution is 2.30. The average molecular weight is 1130 g/mol. The minimum atomic E-state index is -1.07. The summed E-state index contributed by atoms with van der Waals surface area (Å²) in [5.74, 6) is 3.44. The van der Waals surface area contributed by atoms with Crippen LogP contribution in [0.15, 0.2) is 138 Å². The number of imidazole rings is 2. The van der Waals surface area contributed by atoms with E-state index in [4.69, 9.17) is 34.1 Å². The Balaban J connectivity index is 0.700. The monoisotopic (exact) mass is 1120 g/mol. The fourth-order valence-electron chi connectivity index (χ4n) is 11.6. The molecule has 0 radical (unpaired) electrons. The zero-order valence-electron chi connectivity index (χ0n) is 47.4. The maximum absolute atomic E-state index is 13.8. The van der Waals surface area contributed by atoms with Crippen LogP contribution in [0, 0.1) is 28.6 Å². The average Bonchev–Trinajstić information content (AvgIpc) is 2.23. The van der Waals surface area contributed by atoms with Gasteiger partial charge in [0.1, 0.15) is 12.2 Å². The largest absolute Gasteiger partial charge is 0.490 e. The number of benzene rings is 4. The van der Waals surface area contributed by atoms with E-state index in [0.29, 0.717) is 102 Å². The third-order valence-electron chi connectivity index (χ3n) is 16.6. The Morgan fingerprint density at radius 2 is 1.26 bits per heavy atom. The normalized spacial score (nSPS) is 15.6. The summed E-state index contributed by atoms with van der Waals surface area (Å²) in [5.41, 5.74) is 6.55. The molecule has 1 unspecified atom stereocenters. The summed E-state index contributed by atoms with van der Waals surface area (Å²) in [7, 11) is 1.76. The number of methoxy groups -OCH3 is 1. The van der Waals surface area contributed by atoms with E-state index in [2.05, 4.69) is 64.8 Å². The van der Waals surface area contributed by atoms with Crippen molar-refractivity contribution in [1.82, 2.24) is 57.6 Å². The van der Waals surface area contributed by atoms with Gasteiger partial charge in [0.25, 0.3) is 11.1 Å². The standard InChI is InChI=1S/C64H64N14O6/c1-42(74-24-18-64(81,19-25-74)41-84-52-35-69-59(70-36-52)48-7-5-6-46(27-48)37-77-57(79)16-22-75-55-28-44(31-65)8-12-53(55)71-61(75)77)26-47-10-11-49(60-67-33-51(34-68-60)83-39-43-14-20-73(21-15-43)40-63(2,3)82-4)30-50(47)38-78-58(80)17-23-76-56-29-45(32-66)9-13-54(56)72-62(76)78/h5-13,16-17,22-23,27-30,33-36,42-43,81H,14-15,18-21,24-26,37-41H2,1-4H3. The van der Waals surface area contributed by atoms with E-state index in [-0.39, 0.29) is 42.5 Å². The molecule has 2 aliphatic heterocycles. The van der Waals surface area contributed by atoms with Crippen LogP contribution in [0.2, 0.25) is 0 Å². The molecule has 20 nitrogen and oxygen atoms in total. The van der Waals surface area contributed by atoms with Crippen molar-refractivity contribution in [1.29, 1.82) is 10.5 Å². The van der Waals surface area contributed by atoms with Crippen molar-refractivity contribution in [3.8, 4) is 46.4 Å². The predicted molar refractivity (Wildman–Crippen MR) is 317 cm³/mol. The molecule has 1 atom stereocenters. The van der Waals surface area contributed by atoms with E-state index in [1.165, 1.54) is 12.1 Å². The summed E-state index contributed by atoms with van der Waals surface area (Å²) >= 11 is 0. The van der Waals surface area contributed by atoms with Crippen LogP contribution in [0.3, 0.4) is 0 Å². The summed E-state index contributed by atoms with van der Waals surface area (Å²) in [4.78, 5) is 60.2. The van der Waals surface area contributed by atoms with Crippen LogP contribution in [-0.4, -0.2) is 133 Å². The van der Waals surface area contributed by atoms with Crippen LogP contribution in [0.5, 0.6) is 11.5 Å². The van der Waals surface area contributed by atoms with E-state index in [1.807, 2.05) is 39.1 Å². The van der Waals surface area contributed by atoms with Gasteiger partial charge >= 0.3 is 0 Å². The highest BCUT2D eigenvalue weighted by molar-refractivity contribution is 5.82. The third kappa shape index (κ3) is 11.7. The first-order valence-corrected chi connectivity index (χ1v) is 28.4. The number of aromatic nitrogens is 10. The lowest BCUT2D eigenvalue weighted by molar-refractivity contribution is -0.0583. The fourth-order valence-corrected chi connectivity index (χ4v) is 11.6. The lowest BCUT2D eigenvalue weighted by atomic mass is 9.90. The number of likely N-dealkylation sites (tertiary alicyclic amines) is 2. The molecule has 2 aliphatic rings. The summed E-state index contributed by atoms with van der Waals surface area (Å²) in [6, 6.07) is 31.9. The molecular weight excluding hydrogens is 1060 g/mol. The van der Waals surface area contributed by atoms with Crippen molar-refractivity contribution in [3.63, 3.8) is 0 Å². The molecule has 6 aromatic heterocycles. The van der Waals surface area contributed by atoms with Gasteiger partial charge in [-0.1, -0.05) is 30.3 Å². The summed E-state index contributed by atoms with van der Waals surface area (Å²) in [6.45, 7) is 11.8. The molecule has 426 valence electrons. The number of hydrogen-bond donors (Lipinski definition) is 1. The van der Waals surface area contributed by atoms with Crippen LogP contribution >= 0.6 is 0 Å².